The maximum absolute atomic E-state index is 3.72. The van der Waals surface area contributed by atoms with Gasteiger partial charge in [-0.2, -0.15) is 0 Å². The van der Waals surface area contributed by atoms with Crippen molar-refractivity contribution in [3.8, 4) is 0 Å². The van der Waals surface area contributed by atoms with Crippen LogP contribution in [0, 0.1) is 17.3 Å². The van der Waals surface area contributed by atoms with Crippen LogP contribution in [0.5, 0.6) is 0 Å². The molecule has 2 heteroatoms. The van der Waals surface area contributed by atoms with Gasteiger partial charge >= 0.3 is 0 Å². The van der Waals surface area contributed by atoms with E-state index in [4.69, 9.17) is 0 Å². The molecule has 0 aromatic heterocycles. The van der Waals surface area contributed by atoms with Crippen LogP contribution in [0.15, 0.2) is 0 Å². The van der Waals surface area contributed by atoms with Crippen LogP contribution in [0.1, 0.15) is 32.6 Å². The Labute approximate surface area is 86.8 Å². The molecule has 0 amide bonds. The van der Waals surface area contributed by atoms with Crippen LogP contribution in [-0.2, 0) is 0 Å². The molecule has 2 N–H and O–H groups in total. The maximum atomic E-state index is 3.72. The van der Waals surface area contributed by atoms with Crippen molar-refractivity contribution in [2.24, 2.45) is 17.3 Å². The third-order valence-electron chi connectivity index (χ3n) is 4.69. The highest BCUT2D eigenvalue weighted by atomic mass is 15.0. The van der Waals surface area contributed by atoms with Gasteiger partial charge in [0.1, 0.15) is 0 Å². The van der Waals surface area contributed by atoms with E-state index in [9.17, 15) is 0 Å². The van der Waals surface area contributed by atoms with E-state index < -0.39 is 0 Å². The standard InChI is InChI=1S/C12H22N2/c1-9-6-11(9)14-8-10-7-12(10)2-4-13-5-3-12/h9-11,13-14H,2-8H2,1H3. The summed E-state index contributed by atoms with van der Waals surface area (Å²) in [4.78, 5) is 0. The summed E-state index contributed by atoms with van der Waals surface area (Å²) in [6, 6.07) is 0.870. The van der Waals surface area contributed by atoms with E-state index in [1.165, 1.54) is 45.3 Å². The number of hydrogen-bond acceptors (Lipinski definition) is 2. The van der Waals surface area contributed by atoms with Gasteiger partial charge in [0.25, 0.3) is 0 Å². The van der Waals surface area contributed by atoms with Gasteiger partial charge in [-0.05, 0) is 62.6 Å². The fourth-order valence-electron chi connectivity index (χ4n) is 3.16. The van der Waals surface area contributed by atoms with E-state index in [-0.39, 0.29) is 0 Å². The summed E-state index contributed by atoms with van der Waals surface area (Å²) in [6.45, 7) is 6.17. The SMILES string of the molecule is CC1CC1NCC1CC12CCNCC2. The Bertz CT molecular complexity index is 220. The molecule has 2 nitrogen and oxygen atoms in total. The van der Waals surface area contributed by atoms with Gasteiger partial charge in [-0.25, -0.2) is 0 Å². The normalized spacial score (nSPS) is 43.9. The number of piperidine rings is 1. The fraction of sp³-hybridized carbons (Fsp3) is 1.00. The molecule has 3 aliphatic rings. The van der Waals surface area contributed by atoms with Crippen LogP contribution in [-0.4, -0.2) is 25.7 Å². The first-order valence-corrected chi connectivity index (χ1v) is 6.24. The Kier molecular flexibility index (Phi) is 2.10. The minimum Gasteiger partial charge on any atom is -0.317 e. The summed E-state index contributed by atoms with van der Waals surface area (Å²) >= 11 is 0. The molecule has 2 aliphatic carbocycles. The van der Waals surface area contributed by atoms with Gasteiger partial charge in [-0.15, -0.1) is 0 Å². The van der Waals surface area contributed by atoms with E-state index in [0.29, 0.717) is 0 Å². The third-order valence-corrected chi connectivity index (χ3v) is 4.69. The first-order valence-electron chi connectivity index (χ1n) is 6.24. The van der Waals surface area contributed by atoms with Crippen LogP contribution in [0.2, 0.25) is 0 Å². The molecular weight excluding hydrogens is 172 g/mol. The number of rotatable bonds is 3. The molecule has 0 aromatic rings. The summed E-state index contributed by atoms with van der Waals surface area (Å²) < 4.78 is 0. The first kappa shape index (κ1) is 9.17. The smallest absolute Gasteiger partial charge is 0.00965 e. The monoisotopic (exact) mass is 194 g/mol. The Balaban J connectivity index is 1.43. The summed E-state index contributed by atoms with van der Waals surface area (Å²) in [5.74, 6) is 1.97. The van der Waals surface area contributed by atoms with Crippen molar-refractivity contribution in [1.29, 1.82) is 0 Å². The summed E-state index contributed by atoms with van der Waals surface area (Å²) in [5, 5.41) is 7.18. The average Bonchev–Trinajstić information content (AvgIpc) is 3.05. The van der Waals surface area contributed by atoms with Gasteiger partial charge in [0.2, 0.25) is 0 Å². The van der Waals surface area contributed by atoms with Crippen LogP contribution in [0.3, 0.4) is 0 Å². The highest BCUT2D eigenvalue weighted by Gasteiger charge is 2.53. The van der Waals surface area contributed by atoms with E-state index in [2.05, 4.69) is 17.6 Å². The molecule has 2 saturated carbocycles. The van der Waals surface area contributed by atoms with Gasteiger partial charge in [-0.1, -0.05) is 6.92 Å². The highest BCUT2D eigenvalue weighted by molar-refractivity contribution is 5.06. The van der Waals surface area contributed by atoms with E-state index in [0.717, 1.165) is 23.3 Å². The van der Waals surface area contributed by atoms with Crippen LogP contribution in [0.25, 0.3) is 0 Å². The molecule has 0 radical (unpaired) electrons. The lowest BCUT2D eigenvalue weighted by molar-refractivity contribution is 0.318. The summed E-state index contributed by atoms with van der Waals surface area (Å²) in [6.07, 6.45) is 5.78. The molecule has 1 saturated heterocycles. The van der Waals surface area contributed by atoms with E-state index in [1.54, 1.807) is 0 Å². The summed E-state index contributed by atoms with van der Waals surface area (Å²) in [5.41, 5.74) is 0.774. The molecule has 0 bridgehead atoms. The third kappa shape index (κ3) is 1.59. The minimum absolute atomic E-state index is 0.774. The van der Waals surface area contributed by atoms with Crippen molar-refractivity contribution < 1.29 is 0 Å². The molecule has 3 unspecified atom stereocenters. The molecule has 14 heavy (non-hydrogen) atoms. The second kappa shape index (κ2) is 3.21. The van der Waals surface area contributed by atoms with Crippen molar-refractivity contribution in [2.45, 2.75) is 38.6 Å². The lowest BCUT2D eigenvalue weighted by atomic mass is 9.92. The van der Waals surface area contributed by atoms with Gasteiger partial charge in [0.15, 0.2) is 0 Å². The van der Waals surface area contributed by atoms with Crippen LogP contribution in [0.4, 0.5) is 0 Å². The molecular formula is C12H22N2. The number of nitrogens with one attached hydrogen (secondary N) is 2. The number of hydrogen-bond donors (Lipinski definition) is 2. The van der Waals surface area contributed by atoms with Gasteiger partial charge in [0.05, 0.1) is 0 Å². The van der Waals surface area contributed by atoms with Crippen molar-refractivity contribution in [1.82, 2.24) is 10.6 Å². The maximum Gasteiger partial charge on any atom is 0.00965 e. The van der Waals surface area contributed by atoms with Gasteiger partial charge in [-0.3, -0.25) is 0 Å². The van der Waals surface area contributed by atoms with Gasteiger partial charge in [0, 0.05) is 6.04 Å². The van der Waals surface area contributed by atoms with Crippen LogP contribution < -0.4 is 10.6 Å². The molecule has 0 aromatic carbocycles. The van der Waals surface area contributed by atoms with Crippen molar-refractivity contribution in [3.63, 3.8) is 0 Å². The quantitative estimate of drug-likeness (QED) is 0.709. The largest absolute Gasteiger partial charge is 0.317 e. The Morgan fingerprint density at radius 1 is 1.36 bits per heavy atom. The lowest BCUT2D eigenvalue weighted by Gasteiger charge is -2.23. The average molecular weight is 194 g/mol. The first-order chi connectivity index (χ1) is 6.80. The summed E-state index contributed by atoms with van der Waals surface area (Å²) in [7, 11) is 0. The zero-order valence-electron chi connectivity index (χ0n) is 9.18. The molecule has 80 valence electrons. The van der Waals surface area contributed by atoms with E-state index >= 15 is 0 Å². The lowest BCUT2D eigenvalue weighted by Crippen LogP contribution is -2.31. The second-order valence-corrected chi connectivity index (χ2v) is 5.74. The van der Waals surface area contributed by atoms with Crippen molar-refractivity contribution >= 4 is 0 Å². The van der Waals surface area contributed by atoms with Crippen LogP contribution >= 0.6 is 0 Å². The van der Waals surface area contributed by atoms with Crippen molar-refractivity contribution in [2.75, 3.05) is 19.6 Å². The van der Waals surface area contributed by atoms with Gasteiger partial charge < -0.3 is 10.6 Å². The molecule has 3 fully saturated rings. The highest BCUT2D eigenvalue weighted by Crippen LogP contribution is 2.58. The minimum atomic E-state index is 0.774. The predicted octanol–water partition coefficient (Wildman–Crippen LogP) is 1.37. The molecule has 3 atom stereocenters. The zero-order chi connectivity index (χ0) is 9.60. The predicted molar refractivity (Wildman–Crippen MR) is 58.2 cm³/mol. The Morgan fingerprint density at radius 2 is 2.07 bits per heavy atom. The Hall–Kier alpha value is -0.0800. The Morgan fingerprint density at radius 3 is 2.71 bits per heavy atom. The fourth-order valence-corrected chi connectivity index (χ4v) is 3.16. The second-order valence-electron chi connectivity index (χ2n) is 5.74. The van der Waals surface area contributed by atoms with E-state index in [1.807, 2.05) is 0 Å². The topological polar surface area (TPSA) is 24.1 Å². The molecule has 1 aliphatic heterocycles. The molecule has 1 heterocycles. The molecule has 1 spiro atoms. The zero-order valence-corrected chi connectivity index (χ0v) is 9.18. The molecule has 3 rings (SSSR count). The van der Waals surface area contributed by atoms with Crippen molar-refractivity contribution in [3.05, 3.63) is 0 Å².